The normalized spacial score (nSPS) is 20.5. The molecule has 0 fully saturated rings. The molecule has 2 rings (SSSR count). The molecule has 2 heterocycles. The van der Waals surface area contributed by atoms with Crippen LogP contribution in [0.2, 0.25) is 0 Å². The fraction of sp³-hybridized carbons (Fsp3) is 0.455. The van der Waals surface area contributed by atoms with E-state index in [0.29, 0.717) is 0 Å². The van der Waals surface area contributed by atoms with Gasteiger partial charge in [-0.15, -0.1) is 0 Å². The molecule has 1 N–H and O–H groups in total. The van der Waals surface area contributed by atoms with Gasteiger partial charge in [0.2, 0.25) is 5.91 Å². The average molecular weight is 205 g/mol. The lowest BCUT2D eigenvalue weighted by atomic mass is 10.1. The minimum Gasteiger partial charge on any atom is -0.354 e. The molecule has 1 unspecified atom stereocenters. The van der Waals surface area contributed by atoms with Crippen molar-refractivity contribution in [2.24, 2.45) is 5.92 Å². The minimum absolute atomic E-state index is 0.000787. The predicted octanol–water partition coefficient (Wildman–Crippen LogP) is 1.50. The summed E-state index contributed by atoms with van der Waals surface area (Å²) in [6, 6.07) is 3.73. The van der Waals surface area contributed by atoms with Crippen LogP contribution in [0, 0.1) is 5.92 Å². The number of nitrogens with zero attached hydrogens (tertiary/aromatic N) is 2. The van der Waals surface area contributed by atoms with E-state index in [-0.39, 0.29) is 11.8 Å². The number of carbonyl (C=O) groups excluding carboxylic acids is 1. The van der Waals surface area contributed by atoms with E-state index >= 15 is 0 Å². The van der Waals surface area contributed by atoms with Gasteiger partial charge in [0.1, 0.15) is 0 Å². The zero-order valence-corrected chi connectivity index (χ0v) is 9.03. The summed E-state index contributed by atoms with van der Waals surface area (Å²) < 4.78 is 0. The molecular weight excluding hydrogens is 190 g/mol. The van der Waals surface area contributed by atoms with Crippen molar-refractivity contribution < 1.29 is 4.79 Å². The molecule has 1 aliphatic heterocycles. The SMILES string of the molecule is CCN1CC(C)C(=O)Nc2cccnc21. The Morgan fingerprint density at radius 3 is 3.20 bits per heavy atom. The van der Waals surface area contributed by atoms with Gasteiger partial charge in [-0.3, -0.25) is 4.79 Å². The van der Waals surface area contributed by atoms with Gasteiger partial charge in [-0.2, -0.15) is 0 Å². The van der Waals surface area contributed by atoms with E-state index in [0.717, 1.165) is 24.6 Å². The molecule has 4 heteroatoms. The quantitative estimate of drug-likeness (QED) is 0.755. The molecule has 4 nitrogen and oxygen atoms in total. The second-order valence-electron chi connectivity index (χ2n) is 3.80. The summed E-state index contributed by atoms with van der Waals surface area (Å²) in [5.74, 6) is 0.942. The molecule has 15 heavy (non-hydrogen) atoms. The monoisotopic (exact) mass is 205 g/mol. The molecule has 0 saturated carbocycles. The average Bonchev–Trinajstić information content (AvgIpc) is 2.37. The molecule has 1 aromatic heterocycles. The Balaban J connectivity index is 2.42. The lowest BCUT2D eigenvalue weighted by Gasteiger charge is -2.22. The molecule has 0 saturated heterocycles. The van der Waals surface area contributed by atoms with Gasteiger partial charge in [-0.05, 0) is 19.1 Å². The number of fused-ring (bicyclic) bond motifs is 1. The predicted molar refractivity (Wildman–Crippen MR) is 59.9 cm³/mol. The van der Waals surface area contributed by atoms with E-state index in [4.69, 9.17) is 0 Å². The Morgan fingerprint density at radius 1 is 1.67 bits per heavy atom. The van der Waals surface area contributed by atoms with Gasteiger partial charge in [-0.1, -0.05) is 6.92 Å². The topological polar surface area (TPSA) is 45.2 Å². The van der Waals surface area contributed by atoms with Gasteiger partial charge in [0.15, 0.2) is 5.82 Å². The third kappa shape index (κ3) is 1.79. The number of pyridine rings is 1. The van der Waals surface area contributed by atoms with Crippen LogP contribution in [-0.2, 0) is 4.79 Å². The van der Waals surface area contributed by atoms with E-state index < -0.39 is 0 Å². The minimum atomic E-state index is -0.000787. The molecular formula is C11H15N3O. The first-order valence-electron chi connectivity index (χ1n) is 5.23. The standard InChI is InChI=1S/C11H15N3O/c1-3-14-7-8(2)11(15)13-9-5-4-6-12-10(9)14/h4-6,8H,3,7H2,1-2H3,(H,13,15). The summed E-state index contributed by atoms with van der Waals surface area (Å²) in [6.45, 7) is 5.60. The molecule has 0 aromatic carbocycles. The highest BCUT2D eigenvalue weighted by Crippen LogP contribution is 2.26. The Kier molecular flexibility index (Phi) is 2.58. The number of aromatic nitrogens is 1. The molecule has 0 aliphatic carbocycles. The third-order valence-electron chi connectivity index (χ3n) is 2.67. The van der Waals surface area contributed by atoms with Crippen molar-refractivity contribution in [3.63, 3.8) is 0 Å². The smallest absolute Gasteiger partial charge is 0.229 e. The molecule has 0 spiro atoms. The Bertz CT molecular complexity index is 378. The van der Waals surface area contributed by atoms with Gasteiger partial charge in [0, 0.05) is 19.3 Å². The Labute approximate surface area is 89.3 Å². The maximum absolute atomic E-state index is 11.7. The van der Waals surface area contributed by atoms with Crippen LogP contribution in [0.4, 0.5) is 11.5 Å². The number of hydrogen-bond acceptors (Lipinski definition) is 3. The summed E-state index contributed by atoms with van der Waals surface area (Å²) in [6.07, 6.45) is 1.75. The van der Waals surface area contributed by atoms with E-state index in [9.17, 15) is 4.79 Å². The first-order chi connectivity index (χ1) is 7.22. The van der Waals surface area contributed by atoms with Gasteiger partial charge >= 0.3 is 0 Å². The van der Waals surface area contributed by atoms with Crippen LogP contribution in [0.15, 0.2) is 18.3 Å². The van der Waals surface area contributed by atoms with Crippen molar-refractivity contribution in [2.45, 2.75) is 13.8 Å². The summed E-state index contributed by atoms with van der Waals surface area (Å²) in [5, 5.41) is 2.89. The summed E-state index contributed by atoms with van der Waals surface area (Å²) in [4.78, 5) is 18.1. The van der Waals surface area contributed by atoms with Crippen molar-refractivity contribution in [3.05, 3.63) is 18.3 Å². The van der Waals surface area contributed by atoms with Crippen molar-refractivity contribution >= 4 is 17.4 Å². The van der Waals surface area contributed by atoms with Crippen molar-refractivity contribution in [1.29, 1.82) is 0 Å². The number of nitrogens with one attached hydrogen (secondary N) is 1. The van der Waals surface area contributed by atoms with Gasteiger partial charge in [0.25, 0.3) is 0 Å². The fourth-order valence-corrected chi connectivity index (χ4v) is 1.78. The number of carbonyl (C=O) groups is 1. The molecule has 0 radical (unpaired) electrons. The first kappa shape index (κ1) is 9.96. The lowest BCUT2D eigenvalue weighted by molar-refractivity contribution is -0.119. The number of hydrogen-bond donors (Lipinski definition) is 1. The Morgan fingerprint density at radius 2 is 2.47 bits per heavy atom. The first-order valence-corrected chi connectivity index (χ1v) is 5.23. The highest BCUT2D eigenvalue weighted by atomic mass is 16.1. The number of amides is 1. The zero-order valence-electron chi connectivity index (χ0n) is 9.03. The molecule has 0 bridgehead atoms. The van der Waals surface area contributed by atoms with E-state index in [1.54, 1.807) is 6.20 Å². The van der Waals surface area contributed by atoms with Gasteiger partial charge in [-0.25, -0.2) is 4.98 Å². The Hall–Kier alpha value is -1.58. The highest BCUT2D eigenvalue weighted by molar-refractivity contribution is 5.96. The van der Waals surface area contributed by atoms with E-state index in [1.165, 1.54) is 0 Å². The maximum atomic E-state index is 11.7. The molecule has 1 aromatic rings. The number of rotatable bonds is 1. The second kappa shape index (κ2) is 3.88. The summed E-state index contributed by atoms with van der Waals surface area (Å²) >= 11 is 0. The fourth-order valence-electron chi connectivity index (χ4n) is 1.78. The van der Waals surface area contributed by atoms with Crippen LogP contribution >= 0.6 is 0 Å². The van der Waals surface area contributed by atoms with Crippen LogP contribution < -0.4 is 10.2 Å². The van der Waals surface area contributed by atoms with E-state index in [1.807, 2.05) is 19.1 Å². The van der Waals surface area contributed by atoms with Gasteiger partial charge in [0.05, 0.1) is 11.6 Å². The highest BCUT2D eigenvalue weighted by Gasteiger charge is 2.24. The van der Waals surface area contributed by atoms with Crippen molar-refractivity contribution in [3.8, 4) is 0 Å². The van der Waals surface area contributed by atoms with Crippen LogP contribution in [0.1, 0.15) is 13.8 Å². The number of anilines is 2. The molecule has 80 valence electrons. The molecule has 1 amide bonds. The third-order valence-corrected chi connectivity index (χ3v) is 2.67. The van der Waals surface area contributed by atoms with E-state index in [2.05, 4.69) is 22.1 Å². The largest absolute Gasteiger partial charge is 0.354 e. The second-order valence-corrected chi connectivity index (χ2v) is 3.80. The summed E-state index contributed by atoms with van der Waals surface area (Å²) in [5.41, 5.74) is 0.814. The molecule has 1 aliphatic rings. The van der Waals surface area contributed by atoms with Gasteiger partial charge < -0.3 is 10.2 Å². The van der Waals surface area contributed by atoms with Crippen molar-refractivity contribution in [2.75, 3.05) is 23.3 Å². The maximum Gasteiger partial charge on any atom is 0.229 e. The van der Waals surface area contributed by atoms with Crippen LogP contribution in [0.5, 0.6) is 0 Å². The van der Waals surface area contributed by atoms with Crippen LogP contribution in [0.3, 0.4) is 0 Å². The summed E-state index contributed by atoms with van der Waals surface area (Å²) in [7, 11) is 0. The lowest BCUT2D eigenvalue weighted by Crippen LogP contribution is -2.30. The van der Waals surface area contributed by atoms with Crippen molar-refractivity contribution in [1.82, 2.24) is 4.98 Å². The zero-order chi connectivity index (χ0) is 10.8. The van der Waals surface area contributed by atoms with Crippen LogP contribution in [0.25, 0.3) is 0 Å². The molecule has 1 atom stereocenters. The van der Waals surface area contributed by atoms with Crippen LogP contribution in [-0.4, -0.2) is 24.0 Å².